The lowest BCUT2D eigenvalue weighted by atomic mass is 10.1. The molecule has 1 atom stereocenters. The summed E-state index contributed by atoms with van der Waals surface area (Å²) in [5.41, 5.74) is 0.0883. The quantitative estimate of drug-likeness (QED) is 0.591. The molecule has 102 valence electrons. The zero-order valence-corrected chi connectivity index (χ0v) is 11.7. The molecule has 0 aromatic heterocycles. The number of aliphatic hydroxyl groups is 1. The van der Waals surface area contributed by atoms with Gasteiger partial charge in [0.05, 0.1) is 13.2 Å². The van der Waals surface area contributed by atoms with E-state index in [1.54, 1.807) is 7.11 Å². The molecular formula is C13H28N2O2. The maximum absolute atomic E-state index is 9.07. The maximum Gasteiger partial charge on any atom is 0.0630 e. The van der Waals surface area contributed by atoms with Gasteiger partial charge < -0.3 is 15.2 Å². The van der Waals surface area contributed by atoms with E-state index in [9.17, 15) is 0 Å². The highest BCUT2D eigenvalue weighted by Gasteiger charge is 2.19. The Labute approximate surface area is 106 Å². The van der Waals surface area contributed by atoms with Crippen molar-refractivity contribution in [3.63, 3.8) is 0 Å². The smallest absolute Gasteiger partial charge is 0.0630 e. The normalized spacial score (nSPS) is 14.0. The van der Waals surface area contributed by atoms with Crippen LogP contribution in [0.1, 0.15) is 20.8 Å². The van der Waals surface area contributed by atoms with Gasteiger partial charge in [-0.3, -0.25) is 4.90 Å². The van der Waals surface area contributed by atoms with E-state index in [1.165, 1.54) is 0 Å². The van der Waals surface area contributed by atoms with Crippen LogP contribution in [0.25, 0.3) is 0 Å². The SMILES string of the molecule is C=CCN(CCO)C(CNC(C)(C)C)COC. The third-order valence-electron chi connectivity index (χ3n) is 2.49. The molecule has 0 fully saturated rings. The molecular weight excluding hydrogens is 216 g/mol. The molecule has 0 bridgehead atoms. The predicted molar refractivity (Wildman–Crippen MR) is 72.3 cm³/mol. The summed E-state index contributed by atoms with van der Waals surface area (Å²) in [4.78, 5) is 2.18. The third kappa shape index (κ3) is 8.32. The Morgan fingerprint density at radius 3 is 2.53 bits per heavy atom. The molecule has 0 heterocycles. The molecule has 0 aromatic rings. The number of hydrogen-bond donors (Lipinski definition) is 2. The molecule has 0 spiro atoms. The zero-order valence-electron chi connectivity index (χ0n) is 11.7. The van der Waals surface area contributed by atoms with Crippen LogP contribution in [0.5, 0.6) is 0 Å². The molecule has 0 aliphatic heterocycles. The summed E-state index contributed by atoms with van der Waals surface area (Å²) in [6.07, 6.45) is 1.86. The largest absolute Gasteiger partial charge is 0.395 e. The molecule has 0 aliphatic rings. The van der Waals surface area contributed by atoms with E-state index in [1.807, 2.05) is 6.08 Å². The Kier molecular flexibility index (Phi) is 8.43. The second-order valence-electron chi connectivity index (χ2n) is 5.25. The number of hydrogen-bond acceptors (Lipinski definition) is 4. The summed E-state index contributed by atoms with van der Waals surface area (Å²) in [5, 5.41) is 12.5. The van der Waals surface area contributed by atoms with Crippen molar-refractivity contribution < 1.29 is 9.84 Å². The van der Waals surface area contributed by atoms with E-state index >= 15 is 0 Å². The molecule has 1 unspecified atom stereocenters. The van der Waals surface area contributed by atoms with Crippen molar-refractivity contribution >= 4 is 0 Å². The molecule has 0 amide bonds. The molecule has 0 rings (SSSR count). The Morgan fingerprint density at radius 1 is 1.47 bits per heavy atom. The van der Waals surface area contributed by atoms with Crippen LogP contribution < -0.4 is 5.32 Å². The second-order valence-corrected chi connectivity index (χ2v) is 5.25. The highest BCUT2D eigenvalue weighted by molar-refractivity contribution is 4.83. The average Bonchev–Trinajstić information content (AvgIpc) is 2.23. The molecule has 0 saturated heterocycles. The number of rotatable bonds is 9. The highest BCUT2D eigenvalue weighted by atomic mass is 16.5. The van der Waals surface area contributed by atoms with Gasteiger partial charge in [-0.15, -0.1) is 6.58 Å². The molecule has 2 N–H and O–H groups in total. The van der Waals surface area contributed by atoms with Crippen molar-refractivity contribution in [2.45, 2.75) is 32.4 Å². The Bertz CT molecular complexity index is 202. The molecule has 0 aromatic carbocycles. The summed E-state index contributed by atoms with van der Waals surface area (Å²) < 4.78 is 5.25. The van der Waals surface area contributed by atoms with Crippen LogP contribution in [0.2, 0.25) is 0 Å². The summed E-state index contributed by atoms with van der Waals surface area (Å²) >= 11 is 0. The second kappa shape index (κ2) is 8.64. The van der Waals surface area contributed by atoms with Gasteiger partial charge in [-0.25, -0.2) is 0 Å². The first kappa shape index (κ1) is 16.6. The molecule has 17 heavy (non-hydrogen) atoms. The lowest BCUT2D eigenvalue weighted by Gasteiger charge is -2.32. The number of aliphatic hydroxyl groups excluding tert-OH is 1. The number of ether oxygens (including phenoxy) is 1. The molecule has 0 saturated carbocycles. The summed E-state index contributed by atoms with van der Waals surface area (Å²) in [6, 6.07) is 0.254. The minimum Gasteiger partial charge on any atom is -0.395 e. The Balaban J connectivity index is 4.38. The number of methoxy groups -OCH3 is 1. The van der Waals surface area contributed by atoms with Gasteiger partial charge in [0.15, 0.2) is 0 Å². The van der Waals surface area contributed by atoms with Crippen molar-refractivity contribution in [2.75, 3.05) is 40.0 Å². The van der Waals surface area contributed by atoms with Crippen molar-refractivity contribution in [2.24, 2.45) is 0 Å². The summed E-state index contributed by atoms with van der Waals surface area (Å²) in [5.74, 6) is 0. The first-order valence-corrected chi connectivity index (χ1v) is 6.14. The van der Waals surface area contributed by atoms with E-state index in [0.717, 1.165) is 13.1 Å². The van der Waals surface area contributed by atoms with Crippen molar-refractivity contribution in [3.8, 4) is 0 Å². The maximum atomic E-state index is 9.07. The van der Waals surface area contributed by atoms with Gasteiger partial charge in [-0.1, -0.05) is 6.08 Å². The van der Waals surface area contributed by atoms with Crippen LogP contribution in [-0.2, 0) is 4.74 Å². The summed E-state index contributed by atoms with van der Waals surface area (Å²) in [6.45, 7) is 13.2. The predicted octanol–water partition coefficient (Wildman–Crippen LogP) is 0.870. The van der Waals surface area contributed by atoms with Crippen LogP contribution in [0.4, 0.5) is 0 Å². The van der Waals surface area contributed by atoms with Crippen LogP contribution in [0.3, 0.4) is 0 Å². The van der Waals surface area contributed by atoms with Crippen molar-refractivity contribution in [1.82, 2.24) is 10.2 Å². The number of nitrogens with one attached hydrogen (secondary N) is 1. The van der Waals surface area contributed by atoms with Gasteiger partial charge in [0.2, 0.25) is 0 Å². The van der Waals surface area contributed by atoms with Gasteiger partial charge in [0, 0.05) is 38.3 Å². The van der Waals surface area contributed by atoms with E-state index in [2.05, 4.69) is 37.6 Å². The number of nitrogens with zero attached hydrogens (tertiary/aromatic N) is 1. The standard InChI is InChI=1S/C13H28N2O2/c1-6-7-15(8-9-16)12(11-17-5)10-14-13(2,3)4/h6,12,14,16H,1,7-11H2,2-5H3. The van der Waals surface area contributed by atoms with Crippen LogP contribution in [0.15, 0.2) is 12.7 Å². The average molecular weight is 244 g/mol. The third-order valence-corrected chi connectivity index (χ3v) is 2.49. The van der Waals surface area contributed by atoms with Gasteiger partial charge >= 0.3 is 0 Å². The minimum atomic E-state index is 0.0883. The van der Waals surface area contributed by atoms with E-state index in [-0.39, 0.29) is 18.2 Å². The lowest BCUT2D eigenvalue weighted by molar-refractivity contribution is 0.0802. The van der Waals surface area contributed by atoms with Crippen LogP contribution in [-0.4, -0.2) is 61.5 Å². The fourth-order valence-electron chi connectivity index (χ4n) is 1.63. The van der Waals surface area contributed by atoms with E-state index in [0.29, 0.717) is 13.2 Å². The van der Waals surface area contributed by atoms with E-state index in [4.69, 9.17) is 9.84 Å². The fraction of sp³-hybridized carbons (Fsp3) is 0.846. The molecule has 4 heteroatoms. The fourth-order valence-corrected chi connectivity index (χ4v) is 1.63. The van der Waals surface area contributed by atoms with Gasteiger partial charge in [-0.05, 0) is 20.8 Å². The lowest BCUT2D eigenvalue weighted by Crippen LogP contribution is -2.50. The molecule has 0 aliphatic carbocycles. The monoisotopic (exact) mass is 244 g/mol. The molecule has 4 nitrogen and oxygen atoms in total. The Hall–Kier alpha value is -0.420. The zero-order chi connectivity index (χ0) is 13.3. The van der Waals surface area contributed by atoms with Gasteiger partial charge in [-0.2, -0.15) is 0 Å². The van der Waals surface area contributed by atoms with Crippen molar-refractivity contribution in [3.05, 3.63) is 12.7 Å². The summed E-state index contributed by atoms with van der Waals surface area (Å²) in [7, 11) is 1.70. The molecule has 0 radical (unpaired) electrons. The first-order valence-electron chi connectivity index (χ1n) is 6.14. The van der Waals surface area contributed by atoms with Crippen LogP contribution >= 0.6 is 0 Å². The minimum absolute atomic E-state index is 0.0883. The Morgan fingerprint density at radius 2 is 2.12 bits per heavy atom. The van der Waals surface area contributed by atoms with Crippen molar-refractivity contribution in [1.29, 1.82) is 0 Å². The topological polar surface area (TPSA) is 44.7 Å². The van der Waals surface area contributed by atoms with Gasteiger partial charge in [0.1, 0.15) is 0 Å². The highest BCUT2D eigenvalue weighted by Crippen LogP contribution is 2.04. The first-order chi connectivity index (χ1) is 7.94. The van der Waals surface area contributed by atoms with E-state index < -0.39 is 0 Å². The van der Waals surface area contributed by atoms with Crippen LogP contribution in [0, 0.1) is 0 Å². The van der Waals surface area contributed by atoms with Gasteiger partial charge in [0.25, 0.3) is 0 Å².